The van der Waals surface area contributed by atoms with Gasteiger partial charge in [-0.15, -0.1) is 0 Å². The van der Waals surface area contributed by atoms with Gasteiger partial charge in [0.15, 0.2) is 0 Å². The maximum Gasteiger partial charge on any atom is 0.255 e. The van der Waals surface area contributed by atoms with E-state index in [1.54, 1.807) is 17.3 Å². The van der Waals surface area contributed by atoms with Crippen LogP contribution in [0.25, 0.3) is 0 Å². The van der Waals surface area contributed by atoms with E-state index in [1.165, 1.54) is 0 Å². The van der Waals surface area contributed by atoms with Crippen molar-refractivity contribution in [1.82, 2.24) is 19.8 Å². The van der Waals surface area contributed by atoms with E-state index in [4.69, 9.17) is 4.74 Å². The summed E-state index contributed by atoms with van der Waals surface area (Å²) in [6.45, 7) is 4.26. The molecule has 2 aromatic rings. The van der Waals surface area contributed by atoms with E-state index < -0.39 is 0 Å². The highest BCUT2D eigenvalue weighted by atomic mass is 16.5. The fourth-order valence-electron chi connectivity index (χ4n) is 3.51. The van der Waals surface area contributed by atoms with Crippen molar-refractivity contribution in [2.45, 2.75) is 6.04 Å². The van der Waals surface area contributed by atoms with Crippen LogP contribution in [0.2, 0.25) is 0 Å². The summed E-state index contributed by atoms with van der Waals surface area (Å²) in [7, 11) is 2.12. The number of likely N-dealkylation sites (N-methyl/N-ethyl adjacent to an activating group) is 1. The second-order valence-corrected chi connectivity index (χ2v) is 6.72. The first kappa shape index (κ1) is 16.9. The topological polar surface area (TPSA) is 61.8 Å². The van der Waals surface area contributed by atoms with Crippen molar-refractivity contribution < 1.29 is 9.53 Å². The third-order valence-corrected chi connectivity index (χ3v) is 5.04. The van der Waals surface area contributed by atoms with E-state index >= 15 is 0 Å². The third-order valence-electron chi connectivity index (χ3n) is 5.04. The molecule has 2 aliphatic heterocycles. The van der Waals surface area contributed by atoms with Crippen LogP contribution < -0.4 is 4.90 Å². The smallest absolute Gasteiger partial charge is 0.255 e. The van der Waals surface area contributed by atoms with Crippen molar-refractivity contribution in [3.8, 4) is 0 Å². The molecule has 4 rings (SSSR count). The number of piperazine rings is 1. The number of nitrogens with zero attached hydrogens (tertiary/aromatic N) is 5. The Morgan fingerprint density at radius 1 is 1.15 bits per heavy atom. The van der Waals surface area contributed by atoms with Gasteiger partial charge in [0.2, 0.25) is 5.95 Å². The van der Waals surface area contributed by atoms with Gasteiger partial charge < -0.3 is 14.5 Å². The molecule has 2 aliphatic rings. The van der Waals surface area contributed by atoms with Crippen LogP contribution in [-0.2, 0) is 4.74 Å². The zero-order valence-corrected chi connectivity index (χ0v) is 14.9. The lowest BCUT2D eigenvalue weighted by Crippen LogP contribution is -2.47. The average molecular weight is 353 g/mol. The highest BCUT2D eigenvalue weighted by molar-refractivity contribution is 5.94. The molecule has 0 saturated carbocycles. The van der Waals surface area contributed by atoms with Crippen LogP contribution in [0, 0.1) is 0 Å². The fraction of sp³-hybridized carbons (Fsp3) is 0.421. The quantitative estimate of drug-likeness (QED) is 0.831. The molecule has 1 unspecified atom stereocenters. The van der Waals surface area contributed by atoms with Crippen LogP contribution in [0.3, 0.4) is 0 Å². The Morgan fingerprint density at radius 2 is 2.00 bits per heavy atom. The van der Waals surface area contributed by atoms with Gasteiger partial charge in [0.25, 0.3) is 5.91 Å². The minimum absolute atomic E-state index is 0.0334. The zero-order valence-electron chi connectivity index (χ0n) is 14.9. The number of benzene rings is 1. The molecule has 7 heteroatoms. The Morgan fingerprint density at radius 3 is 2.77 bits per heavy atom. The standard InChI is InChI=1S/C19H23N5O2/c1-22-8-9-23(19-20-6-3-7-21-19)13-17(22)15-4-2-5-16(12-15)18(25)24-10-11-26-14-24/h2-7,12,17H,8-11,13-14H2,1H3. The van der Waals surface area contributed by atoms with Crippen molar-refractivity contribution >= 4 is 11.9 Å². The monoisotopic (exact) mass is 353 g/mol. The van der Waals surface area contributed by atoms with Crippen molar-refractivity contribution in [3.05, 3.63) is 53.9 Å². The third kappa shape index (κ3) is 3.40. The van der Waals surface area contributed by atoms with E-state index in [0.29, 0.717) is 19.9 Å². The molecule has 1 amide bonds. The first-order valence-electron chi connectivity index (χ1n) is 8.91. The molecular formula is C19H23N5O2. The van der Waals surface area contributed by atoms with Gasteiger partial charge in [-0.2, -0.15) is 0 Å². The maximum atomic E-state index is 12.7. The summed E-state index contributed by atoms with van der Waals surface area (Å²) in [6.07, 6.45) is 3.54. The number of carbonyl (C=O) groups is 1. The fourth-order valence-corrected chi connectivity index (χ4v) is 3.51. The van der Waals surface area contributed by atoms with Gasteiger partial charge in [-0.1, -0.05) is 12.1 Å². The molecule has 2 saturated heterocycles. The highest BCUT2D eigenvalue weighted by Crippen LogP contribution is 2.26. The largest absolute Gasteiger partial charge is 0.359 e. The predicted molar refractivity (Wildman–Crippen MR) is 97.9 cm³/mol. The average Bonchev–Trinajstić information content (AvgIpc) is 3.23. The SMILES string of the molecule is CN1CCN(c2ncccn2)CC1c1cccc(C(=O)N2CCOC2)c1. The Kier molecular flexibility index (Phi) is 4.81. The van der Waals surface area contributed by atoms with Crippen LogP contribution in [0.1, 0.15) is 22.0 Å². The highest BCUT2D eigenvalue weighted by Gasteiger charge is 2.28. The van der Waals surface area contributed by atoms with Crippen molar-refractivity contribution in [1.29, 1.82) is 0 Å². The van der Waals surface area contributed by atoms with Gasteiger partial charge in [-0.25, -0.2) is 9.97 Å². The Balaban J connectivity index is 1.55. The summed E-state index contributed by atoms with van der Waals surface area (Å²) in [5.74, 6) is 0.790. The molecule has 26 heavy (non-hydrogen) atoms. The number of hydrogen-bond donors (Lipinski definition) is 0. The van der Waals surface area contributed by atoms with Gasteiger partial charge in [0, 0.05) is 44.1 Å². The molecule has 0 bridgehead atoms. The number of hydrogen-bond acceptors (Lipinski definition) is 6. The van der Waals surface area contributed by atoms with Crippen LogP contribution in [-0.4, -0.2) is 72.2 Å². The second-order valence-electron chi connectivity index (χ2n) is 6.72. The van der Waals surface area contributed by atoms with Gasteiger partial charge in [-0.3, -0.25) is 9.69 Å². The summed E-state index contributed by atoms with van der Waals surface area (Å²) >= 11 is 0. The van der Waals surface area contributed by atoms with Crippen LogP contribution in [0.15, 0.2) is 42.7 Å². The molecule has 1 atom stereocenters. The molecular weight excluding hydrogens is 330 g/mol. The van der Waals surface area contributed by atoms with E-state index in [9.17, 15) is 4.79 Å². The second kappa shape index (κ2) is 7.39. The summed E-state index contributed by atoms with van der Waals surface area (Å²) in [5.41, 5.74) is 1.86. The van der Waals surface area contributed by atoms with Crippen LogP contribution in [0.4, 0.5) is 5.95 Å². The number of carbonyl (C=O) groups excluding carboxylic acids is 1. The van der Waals surface area contributed by atoms with E-state index in [2.05, 4.69) is 32.9 Å². The lowest BCUT2D eigenvalue weighted by Gasteiger charge is -2.39. The van der Waals surface area contributed by atoms with Gasteiger partial charge in [-0.05, 0) is 30.8 Å². The lowest BCUT2D eigenvalue weighted by atomic mass is 10.00. The lowest BCUT2D eigenvalue weighted by molar-refractivity contribution is 0.0694. The zero-order chi connectivity index (χ0) is 17.9. The summed E-state index contributed by atoms with van der Waals surface area (Å²) < 4.78 is 5.30. The minimum atomic E-state index is 0.0334. The molecule has 3 heterocycles. The minimum Gasteiger partial charge on any atom is -0.359 e. The molecule has 2 fully saturated rings. The Hall–Kier alpha value is -2.51. The maximum absolute atomic E-state index is 12.7. The number of amides is 1. The Labute approximate surface area is 153 Å². The Bertz CT molecular complexity index is 764. The molecule has 1 aromatic heterocycles. The van der Waals surface area contributed by atoms with E-state index in [-0.39, 0.29) is 11.9 Å². The summed E-state index contributed by atoms with van der Waals surface area (Å²) in [6, 6.07) is 9.96. The number of rotatable bonds is 3. The normalized spacial score (nSPS) is 21.2. The van der Waals surface area contributed by atoms with Crippen LogP contribution >= 0.6 is 0 Å². The van der Waals surface area contributed by atoms with Gasteiger partial charge in [0.05, 0.1) is 12.6 Å². The molecule has 0 aliphatic carbocycles. The van der Waals surface area contributed by atoms with E-state index in [0.717, 1.165) is 36.7 Å². The number of anilines is 1. The van der Waals surface area contributed by atoms with Gasteiger partial charge >= 0.3 is 0 Å². The molecule has 0 spiro atoms. The molecule has 0 radical (unpaired) electrons. The van der Waals surface area contributed by atoms with Gasteiger partial charge in [0.1, 0.15) is 6.73 Å². The van der Waals surface area contributed by atoms with Crippen molar-refractivity contribution in [2.75, 3.05) is 51.5 Å². The summed E-state index contributed by atoms with van der Waals surface area (Å²) in [4.78, 5) is 27.7. The predicted octanol–water partition coefficient (Wildman–Crippen LogP) is 1.40. The van der Waals surface area contributed by atoms with Crippen LogP contribution in [0.5, 0.6) is 0 Å². The molecule has 0 N–H and O–H groups in total. The number of ether oxygens (including phenoxy) is 1. The van der Waals surface area contributed by atoms with E-state index in [1.807, 2.05) is 24.3 Å². The molecule has 1 aromatic carbocycles. The summed E-state index contributed by atoms with van der Waals surface area (Å²) in [5, 5.41) is 0. The van der Waals surface area contributed by atoms with Crippen molar-refractivity contribution in [3.63, 3.8) is 0 Å². The first-order valence-corrected chi connectivity index (χ1v) is 8.91. The molecule has 136 valence electrons. The molecule has 7 nitrogen and oxygen atoms in total. The first-order chi connectivity index (χ1) is 12.7. The number of aromatic nitrogens is 2. The van der Waals surface area contributed by atoms with Crippen molar-refractivity contribution in [2.24, 2.45) is 0 Å².